The van der Waals surface area contributed by atoms with Gasteiger partial charge in [0.1, 0.15) is 0 Å². The van der Waals surface area contributed by atoms with Gasteiger partial charge in [0, 0.05) is 12.1 Å². The second-order valence-electron chi connectivity index (χ2n) is 4.47. The molecule has 0 aromatic heterocycles. The Labute approximate surface area is 132 Å². The van der Waals surface area contributed by atoms with Crippen LogP contribution in [0.1, 0.15) is 17.3 Å². The Kier molecular flexibility index (Phi) is 6.33. The lowest BCUT2D eigenvalue weighted by Crippen LogP contribution is -2.41. The zero-order valence-electron chi connectivity index (χ0n) is 12.3. The Morgan fingerprint density at radius 3 is 2.45 bits per heavy atom. The van der Waals surface area contributed by atoms with Crippen LogP contribution in [0.5, 0.6) is 0 Å². The van der Waals surface area contributed by atoms with E-state index in [1.807, 2.05) is 0 Å². The number of esters is 1. The molecule has 0 unspecified atom stereocenters. The van der Waals surface area contributed by atoms with Crippen LogP contribution >= 0.6 is 11.6 Å². The molecule has 0 spiro atoms. The monoisotopic (exact) mass is 329 g/mol. The number of anilines is 1. The number of amides is 2. The molecule has 1 aromatic carbocycles. The lowest BCUT2D eigenvalue weighted by Gasteiger charge is -2.23. The van der Waals surface area contributed by atoms with E-state index in [4.69, 9.17) is 16.3 Å². The summed E-state index contributed by atoms with van der Waals surface area (Å²) in [6, 6.07) is 3.92. The molecule has 0 saturated heterocycles. The molecule has 8 heteroatoms. The maximum Gasteiger partial charge on any atom is 0.418 e. The van der Waals surface area contributed by atoms with Crippen molar-refractivity contribution < 1.29 is 29.0 Å². The lowest BCUT2D eigenvalue weighted by molar-refractivity contribution is -0.122. The van der Waals surface area contributed by atoms with E-state index in [9.17, 15) is 19.5 Å². The van der Waals surface area contributed by atoms with E-state index in [-0.39, 0.29) is 22.9 Å². The van der Waals surface area contributed by atoms with Gasteiger partial charge in [-0.3, -0.25) is 4.79 Å². The summed E-state index contributed by atoms with van der Waals surface area (Å²) >= 11 is 5.85. The molecule has 7 nitrogen and oxygen atoms in total. The van der Waals surface area contributed by atoms with Crippen molar-refractivity contribution in [2.24, 2.45) is 5.92 Å². The number of halogens is 1. The summed E-state index contributed by atoms with van der Waals surface area (Å²) in [5, 5.41) is 9.53. The van der Waals surface area contributed by atoms with Gasteiger partial charge in [-0.05, 0) is 18.2 Å². The molecule has 2 amide bonds. The molecule has 1 rings (SSSR count). The van der Waals surface area contributed by atoms with Crippen molar-refractivity contribution in [3.63, 3.8) is 0 Å². The number of rotatable bonds is 5. The minimum Gasteiger partial charge on any atom is -0.465 e. The first kappa shape index (κ1) is 17.9. The molecule has 0 aliphatic rings. The average Bonchev–Trinajstić information content (AvgIpc) is 2.46. The van der Waals surface area contributed by atoms with Crippen LogP contribution in [0.2, 0.25) is 5.02 Å². The third-order valence-corrected chi connectivity index (χ3v) is 3.09. The number of imide groups is 1. The lowest BCUT2D eigenvalue weighted by atomic mass is 10.1. The molecule has 0 heterocycles. The molecule has 1 aromatic rings. The molecule has 0 aliphatic carbocycles. The van der Waals surface area contributed by atoms with Gasteiger partial charge in [-0.1, -0.05) is 18.5 Å². The Morgan fingerprint density at radius 1 is 1.32 bits per heavy atom. The SMILES string of the molecule is COC[C@@H](C)C(=O)N(C(=O)O)c1cc(Cl)ccc1C(=O)OC. The smallest absolute Gasteiger partial charge is 0.418 e. The number of carbonyl (C=O) groups excluding carboxylic acids is 2. The summed E-state index contributed by atoms with van der Waals surface area (Å²) in [5.74, 6) is -2.22. The van der Waals surface area contributed by atoms with Crippen molar-refractivity contribution in [3.8, 4) is 0 Å². The molecule has 1 N–H and O–H groups in total. The van der Waals surface area contributed by atoms with Crippen LogP contribution in [0.4, 0.5) is 10.5 Å². The molecule has 120 valence electrons. The second kappa shape index (κ2) is 7.77. The quantitative estimate of drug-likeness (QED) is 0.834. The molecule has 22 heavy (non-hydrogen) atoms. The predicted octanol–water partition coefficient (Wildman–Crippen LogP) is 2.42. The van der Waals surface area contributed by atoms with Crippen LogP contribution in [-0.4, -0.2) is 43.9 Å². The van der Waals surface area contributed by atoms with Crippen LogP contribution in [0, 0.1) is 5.92 Å². The van der Waals surface area contributed by atoms with Crippen molar-refractivity contribution in [1.29, 1.82) is 0 Å². The van der Waals surface area contributed by atoms with Crippen LogP contribution in [-0.2, 0) is 14.3 Å². The third-order valence-electron chi connectivity index (χ3n) is 2.86. The van der Waals surface area contributed by atoms with E-state index in [1.54, 1.807) is 0 Å². The Bertz CT molecular complexity index is 589. The molecule has 0 saturated carbocycles. The summed E-state index contributed by atoms with van der Waals surface area (Å²) in [5.41, 5.74) is -0.230. The van der Waals surface area contributed by atoms with E-state index >= 15 is 0 Å². The number of benzene rings is 1. The van der Waals surface area contributed by atoms with Crippen molar-refractivity contribution in [2.75, 3.05) is 25.7 Å². The van der Waals surface area contributed by atoms with Crippen LogP contribution in [0.25, 0.3) is 0 Å². The normalized spacial score (nSPS) is 11.6. The number of hydrogen-bond acceptors (Lipinski definition) is 5. The first-order valence-electron chi connectivity index (χ1n) is 6.27. The van der Waals surface area contributed by atoms with Gasteiger partial charge in [0.25, 0.3) is 0 Å². The summed E-state index contributed by atoms with van der Waals surface area (Å²) in [6.07, 6.45) is -1.53. The molecule has 0 aliphatic heterocycles. The number of carbonyl (C=O) groups is 3. The maximum atomic E-state index is 12.3. The van der Waals surface area contributed by atoms with Gasteiger partial charge in [0.2, 0.25) is 5.91 Å². The Balaban J connectivity index is 3.38. The number of methoxy groups -OCH3 is 2. The Hall–Kier alpha value is -2.12. The zero-order chi connectivity index (χ0) is 16.9. The summed E-state index contributed by atoms with van der Waals surface area (Å²) in [7, 11) is 2.55. The molecule has 0 bridgehead atoms. The van der Waals surface area contributed by atoms with Crippen molar-refractivity contribution in [2.45, 2.75) is 6.92 Å². The molecule has 0 radical (unpaired) electrons. The van der Waals surface area contributed by atoms with Gasteiger partial charge >= 0.3 is 12.1 Å². The van der Waals surface area contributed by atoms with E-state index in [2.05, 4.69) is 4.74 Å². The summed E-state index contributed by atoms with van der Waals surface area (Å²) in [4.78, 5) is 36.1. The van der Waals surface area contributed by atoms with Gasteiger partial charge < -0.3 is 14.6 Å². The van der Waals surface area contributed by atoms with E-state index < -0.39 is 23.9 Å². The van der Waals surface area contributed by atoms with Crippen LogP contribution < -0.4 is 4.90 Å². The highest BCUT2D eigenvalue weighted by molar-refractivity contribution is 6.31. The second-order valence-corrected chi connectivity index (χ2v) is 4.90. The number of carboxylic acid groups (broad SMARTS) is 1. The van der Waals surface area contributed by atoms with Crippen LogP contribution in [0.15, 0.2) is 18.2 Å². The van der Waals surface area contributed by atoms with E-state index in [1.165, 1.54) is 32.2 Å². The Morgan fingerprint density at radius 2 is 1.95 bits per heavy atom. The van der Waals surface area contributed by atoms with E-state index in [0.29, 0.717) is 4.90 Å². The third kappa shape index (κ3) is 3.96. The van der Waals surface area contributed by atoms with Gasteiger partial charge in [-0.25, -0.2) is 14.5 Å². The van der Waals surface area contributed by atoms with Crippen LogP contribution in [0.3, 0.4) is 0 Å². The predicted molar refractivity (Wildman–Crippen MR) is 79.3 cm³/mol. The van der Waals surface area contributed by atoms with Crippen molar-refractivity contribution in [3.05, 3.63) is 28.8 Å². The fraction of sp³-hybridized carbons (Fsp3) is 0.357. The number of hydrogen-bond donors (Lipinski definition) is 1. The molecular weight excluding hydrogens is 314 g/mol. The summed E-state index contributed by atoms with van der Waals surface area (Å²) < 4.78 is 9.45. The highest BCUT2D eigenvalue weighted by atomic mass is 35.5. The van der Waals surface area contributed by atoms with Crippen molar-refractivity contribution in [1.82, 2.24) is 0 Å². The fourth-order valence-corrected chi connectivity index (χ4v) is 2.00. The van der Waals surface area contributed by atoms with Crippen molar-refractivity contribution >= 4 is 35.3 Å². The first-order chi connectivity index (χ1) is 10.3. The number of nitrogens with zero attached hydrogens (tertiary/aromatic N) is 1. The summed E-state index contributed by atoms with van der Waals surface area (Å²) in [6.45, 7) is 1.56. The zero-order valence-corrected chi connectivity index (χ0v) is 13.1. The average molecular weight is 330 g/mol. The maximum absolute atomic E-state index is 12.3. The van der Waals surface area contributed by atoms with Gasteiger partial charge in [-0.2, -0.15) is 0 Å². The largest absolute Gasteiger partial charge is 0.465 e. The fourth-order valence-electron chi connectivity index (χ4n) is 1.83. The minimum absolute atomic E-state index is 0.0384. The first-order valence-corrected chi connectivity index (χ1v) is 6.65. The highest BCUT2D eigenvalue weighted by Crippen LogP contribution is 2.27. The minimum atomic E-state index is -1.53. The standard InChI is InChI=1S/C14H16ClNO6/c1-8(7-21-2)12(17)16(14(19)20)11-6-9(15)4-5-10(11)13(18)22-3/h4-6,8H,7H2,1-3H3,(H,19,20)/t8-/m1/s1. The molecule has 1 atom stereocenters. The highest BCUT2D eigenvalue weighted by Gasteiger charge is 2.31. The van der Waals surface area contributed by atoms with Gasteiger partial charge in [0.15, 0.2) is 0 Å². The number of ether oxygens (including phenoxy) is 2. The van der Waals surface area contributed by atoms with Gasteiger partial charge in [-0.15, -0.1) is 0 Å². The molecular formula is C14H16ClNO6. The topological polar surface area (TPSA) is 93.1 Å². The van der Waals surface area contributed by atoms with E-state index in [0.717, 1.165) is 7.11 Å². The van der Waals surface area contributed by atoms with Gasteiger partial charge in [0.05, 0.1) is 30.9 Å². The molecule has 0 fully saturated rings.